The number of benzene rings is 3. The molecule has 2 N–H and O–H groups in total. The van der Waals surface area contributed by atoms with E-state index < -0.39 is 12.1 Å². The van der Waals surface area contributed by atoms with Crippen LogP contribution in [0.1, 0.15) is 30.0 Å². The zero-order valence-corrected chi connectivity index (χ0v) is 23.2. The van der Waals surface area contributed by atoms with Gasteiger partial charge in [0.25, 0.3) is 0 Å². The van der Waals surface area contributed by atoms with Crippen molar-refractivity contribution in [1.82, 2.24) is 10.2 Å². The molecule has 8 nitrogen and oxygen atoms in total. The van der Waals surface area contributed by atoms with Crippen LogP contribution in [0.2, 0.25) is 0 Å². The van der Waals surface area contributed by atoms with E-state index in [1.165, 1.54) is 5.56 Å². The molecule has 3 aromatic rings. The number of carboxylic acids is 1. The Balaban J connectivity index is 1.46. The molecule has 3 aromatic carbocycles. The van der Waals surface area contributed by atoms with Crippen molar-refractivity contribution < 1.29 is 28.9 Å². The maximum atomic E-state index is 13.0. The van der Waals surface area contributed by atoms with Gasteiger partial charge in [0.2, 0.25) is 0 Å². The number of ether oxygens (including phenoxy) is 3. The maximum Gasteiger partial charge on any atom is 0.333 e. The van der Waals surface area contributed by atoms with Gasteiger partial charge in [0.1, 0.15) is 12.4 Å². The summed E-state index contributed by atoms with van der Waals surface area (Å²) in [7, 11) is 0. The number of carbonyl (C=O) groups excluding carboxylic acids is 1. The van der Waals surface area contributed by atoms with Crippen LogP contribution in [-0.2, 0) is 33.7 Å². The zero-order chi connectivity index (χ0) is 28.4. The molecule has 8 heteroatoms. The standard InChI is InChI=1S/C32H40N2O6/c1-2-39-30(31(35)36)24-27-14-16-29(17-15-27)40-23-21-34(20-9-22-38-25-28-12-7-4-8-13-28)32(37)33-19-18-26-10-5-3-6-11-26/h3-8,10-17,30H,2,9,18-25H2,1H3,(H,33,37)(H,35,36). The third-order valence-electron chi connectivity index (χ3n) is 6.27. The summed E-state index contributed by atoms with van der Waals surface area (Å²) in [6.45, 7) is 5.04. The van der Waals surface area contributed by atoms with E-state index in [4.69, 9.17) is 14.2 Å². The molecule has 1 atom stereocenters. The molecule has 0 spiro atoms. The number of urea groups is 1. The predicted molar refractivity (Wildman–Crippen MR) is 155 cm³/mol. The Hall–Kier alpha value is -3.88. The van der Waals surface area contributed by atoms with Gasteiger partial charge in [-0.25, -0.2) is 9.59 Å². The fourth-order valence-corrected chi connectivity index (χ4v) is 4.14. The van der Waals surface area contributed by atoms with Crippen LogP contribution in [0.5, 0.6) is 5.75 Å². The second kappa shape index (κ2) is 17.7. The Morgan fingerprint density at radius 3 is 2.17 bits per heavy atom. The highest BCUT2D eigenvalue weighted by Gasteiger charge is 2.18. The molecule has 0 aliphatic carbocycles. The molecular formula is C32H40N2O6. The van der Waals surface area contributed by atoms with Gasteiger partial charge in [-0.2, -0.15) is 0 Å². The minimum Gasteiger partial charge on any atom is -0.492 e. The summed E-state index contributed by atoms with van der Waals surface area (Å²) in [4.78, 5) is 26.1. The molecule has 0 aliphatic heterocycles. The Bertz CT molecular complexity index is 1130. The van der Waals surface area contributed by atoms with Gasteiger partial charge < -0.3 is 29.5 Å². The Kier molecular flexibility index (Phi) is 13.5. The van der Waals surface area contributed by atoms with Gasteiger partial charge in [-0.05, 0) is 48.6 Å². The number of carbonyl (C=O) groups is 2. The number of nitrogens with one attached hydrogen (secondary N) is 1. The average Bonchev–Trinajstić information content (AvgIpc) is 2.97. The lowest BCUT2D eigenvalue weighted by molar-refractivity contribution is -0.149. The summed E-state index contributed by atoms with van der Waals surface area (Å²) < 4.78 is 17.0. The molecule has 0 heterocycles. The first-order chi connectivity index (χ1) is 19.5. The van der Waals surface area contributed by atoms with Crippen LogP contribution in [0.3, 0.4) is 0 Å². The Morgan fingerprint density at radius 1 is 0.850 bits per heavy atom. The van der Waals surface area contributed by atoms with Crippen molar-refractivity contribution in [2.45, 2.75) is 38.9 Å². The lowest BCUT2D eigenvalue weighted by Crippen LogP contribution is -2.43. The first-order valence-electron chi connectivity index (χ1n) is 13.8. The molecule has 0 saturated heterocycles. The van der Waals surface area contributed by atoms with Crippen LogP contribution in [-0.4, -0.2) is 67.6 Å². The molecule has 1 unspecified atom stereocenters. The highest BCUT2D eigenvalue weighted by Crippen LogP contribution is 2.15. The molecule has 0 radical (unpaired) electrons. The number of nitrogens with zero attached hydrogens (tertiary/aromatic N) is 1. The van der Waals surface area contributed by atoms with E-state index >= 15 is 0 Å². The van der Waals surface area contributed by atoms with Crippen LogP contribution in [0.4, 0.5) is 4.79 Å². The molecule has 2 amide bonds. The van der Waals surface area contributed by atoms with E-state index in [9.17, 15) is 14.7 Å². The topological polar surface area (TPSA) is 97.3 Å². The monoisotopic (exact) mass is 548 g/mol. The molecule has 3 rings (SSSR count). The molecule has 214 valence electrons. The van der Waals surface area contributed by atoms with Crippen molar-refractivity contribution >= 4 is 12.0 Å². The second-order valence-electron chi connectivity index (χ2n) is 9.33. The summed E-state index contributed by atoms with van der Waals surface area (Å²) in [5.41, 5.74) is 3.14. The first-order valence-corrected chi connectivity index (χ1v) is 13.8. The quantitative estimate of drug-likeness (QED) is 0.218. The number of amides is 2. The summed E-state index contributed by atoms with van der Waals surface area (Å²) >= 11 is 0. The molecule has 0 aliphatic rings. The zero-order valence-electron chi connectivity index (χ0n) is 23.2. The van der Waals surface area contributed by atoms with E-state index in [0.29, 0.717) is 58.2 Å². The number of rotatable bonds is 18. The lowest BCUT2D eigenvalue weighted by Gasteiger charge is -2.23. The van der Waals surface area contributed by atoms with E-state index in [0.717, 1.165) is 17.5 Å². The number of carboxylic acid groups (broad SMARTS) is 1. The van der Waals surface area contributed by atoms with Crippen molar-refractivity contribution in [1.29, 1.82) is 0 Å². The van der Waals surface area contributed by atoms with Crippen molar-refractivity contribution in [3.63, 3.8) is 0 Å². The average molecular weight is 549 g/mol. The van der Waals surface area contributed by atoms with Crippen molar-refractivity contribution in [2.75, 3.05) is 39.5 Å². The van der Waals surface area contributed by atoms with Gasteiger partial charge in [0.05, 0.1) is 13.2 Å². The molecular weight excluding hydrogens is 508 g/mol. The van der Waals surface area contributed by atoms with Gasteiger partial charge in [0, 0.05) is 32.7 Å². The summed E-state index contributed by atoms with van der Waals surface area (Å²) in [6, 6.07) is 27.2. The van der Waals surface area contributed by atoms with Gasteiger partial charge >= 0.3 is 12.0 Å². The summed E-state index contributed by atoms with van der Waals surface area (Å²) in [5.74, 6) is -0.322. The SMILES string of the molecule is CCOC(Cc1ccc(OCCN(CCCOCc2ccccc2)C(=O)NCCc2ccccc2)cc1)C(=O)O. The van der Waals surface area contributed by atoms with Gasteiger partial charge in [0.15, 0.2) is 6.10 Å². The summed E-state index contributed by atoms with van der Waals surface area (Å²) in [6.07, 6.45) is 0.878. The molecule has 0 bridgehead atoms. The van der Waals surface area contributed by atoms with E-state index in [1.807, 2.05) is 84.9 Å². The lowest BCUT2D eigenvalue weighted by atomic mass is 10.1. The van der Waals surface area contributed by atoms with Crippen LogP contribution in [0, 0.1) is 0 Å². The fraction of sp³-hybridized carbons (Fsp3) is 0.375. The number of hydrogen-bond donors (Lipinski definition) is 2. The van der Waals surface area contributed by atoms with Crippen LogP contribution in [0.25, 0.3) is 0 Å². The van der Waals surface area contributed by atoms with Crippen LogP contribution < -0.4 is 10.1 Å². The highest BCUT2D eigenvalue weighted by molar-refractivity contribution is 5.74. The highest BCUT2D eigenvalue weighted by atomic mass is 16.5. The molecule has 0 fully saturated rings. The smallest absolute Gasteiger partial charge is 0.333 e. The Morgan fingerprint density at radius 2 is 1.52 bits per heavy atom. The Labute approximate surface area is 236 Å². The van der Waals surface area contributed by atoms with Crippen molar-refractivity contribution in [3.05, 3.63) is 102 Å². The van der Waals surface area contributed by atoms with Gasteiger partial charge in [-0.1, -0.05) is 72.8 Å². The van der Waals surface area contributed by atoms with Gasteiger partial charge in [-0.15, -0.1) is 0 Å². The molecule has 0 saturated carbocycles. The second-order valence-corrected chi connectivity index (χ2v) is 9.33. The van der Waals surface area contributed by atoms with Gasteiger partial charge in [-0.3, -0.25) is 0 Å². The van der Waals surface area contributed by atoms with Crippen LogP contribution in [0.15, 0.2) is 84.9 Å². The van der Waals surface area contributed by atoms with Crippen LogP contribution >= 0.6 is 0 Å². The first kappa shape index (κ1) is 30.7. The third kappa shape index (κ3) is 11.5. The summed E-state index contributed by atoms with van der Waals surface area (Å²) in [5, 5.41) is 12.3. The number of aliphatic carboxylic acids is 1. The van der Waals surface area contributed by atoms with E-state index in [-0.39, 0.29) is 12.5 Å². The normalized spacial score (nSPS) is 11.5. The molecule has 40 heavy (non-hydrogen) atoms. The fourth-order valence-electron chi connectivity index (χ4n) is 4.14. The maximum absolute atomic E-state index is 13.0. The minimum absolute atomic E-state index is 0.131. The molecule has 0 aromatic heterocycles. The predicted octanol–water partition coefficient (Wildman–Crippen LogP) is 4.96. The minimum atomic E-state index is -0.977. The van der Waals surface area contributed by atoms with E-state index in [1.54, 1.807) is 11.8 Å². The van der Waals surface area contributed by atoms with Crippen molar-refractivity contribution in [2.24, 2.45) is 0 Å². The third-order valence-corrected chi connectivity index (χ3v) is 6.27. The van der Waals surface area contributed by atoms with E-state index in [2.05, 4.69) is 5.32 Å². The van der Waals surface area contributed by atoms with Crippen molar-refractivity contribution in [3.8, 4) is 5.75 Å². The number of hydrogen-bond acceptors (Lipinski definition) is 5. The largest absolute Gasteiger partial charge is 0.492 e.